The van der Waals surface area contributed by atoms with E-state index in [-0.39, 0.29) is 18.4 Å². The minimum absolute atomic E-state index is 0.113. The summed E-state index contributed by atoms with van der Waals surface area (Å²) in [6.07, 6.45) is 4.42. The zero-order valence-electron chi connectivity index (χ0n) is 11.7. The van der Waals surface area contributed by atoms with Crippen LogP contribution in [0.15, 0.2) is 0 Å². The molecule has 2 heterocycles. The van der Waals surface area contributed by atoms with Crippen LogP contribution in [-0.4, -0.2) is 53.1 Å². The molecule has 108 valence electrons. The van der Waals surface area contributed by atoms with Crippen LogP contribution in [0.2, 0.25) is 0 Å². The standard InChI is InChI=1S/C14H24N2O3/c1-2-11-3-6-15(7-4-11)14(19)16-8-5-12(10-16)9-13(17)18/h11-12H,2-10H2,1H3,(H,17,18). The molecule has 2 aliphatic rings. The quantitative estimate of drug-likeness (QED) is 0.852. The predicted octanol–water partition coefficient (Wildman–Crippen LogP) is 2.03. The molecule has 0 aromatic heterocycles. The van der Waals surface area contributed by atoms with E-state index >= 15 is 0 Å². The maximum Gasteiger partial charge on any atom is 0.320 e. The lowest BCUT2D eigenvalue weighted by Gasteiger charge is -2.34. The van der Waals surface area contributed by atoms with Gasteiger partial charge in [0.2, 0.25) is 0 Å². The molecule has 1 atom stereocenters. The number of hydrogen-bond acceptors (Lipinski definition) is 2. The van der Waals surface area contributed by atoms with Crippen molar-refractivity contribution >= 4 is 12.0 Å². The third-order valence-corrected chi connectivity index (χ3v) is 4.48. The Bertz CT molecular complexity index is 338. The Labute approximate surface area is 114 Å². The fourth-order valence-corrected chi connectivity index (χ4v) is 3.15. The Balaban J connectivity index is 1.80. The van der Waals surface area contributed by atoms with E-state index in [1.165, 1.54) is 6.42 Å². The number of rotatable bonds is 3. The van der Waals surface area contributed by atoms with Gasteiger partial charge in [-0.25, -0.2) is 4.79 Å². The summed E-state index contributed by atoms with van der Waals surface area (Å²) < 4.78 is 0. The highest BCUT2D eigenvalue weighted by molar-refractivity contribution is 5.75. The Morgan fingerprint density at radius 2 is 1.63 bits per heavy atom. The molecule has 0 spiro atoms. The molecule has 5 nitrogen and oxygen atoms in total. The fourth-order valence-electron chi connectivity index (χ4n) is 3.15. The van der Waals surface area contributed by atoms with Gasteiger partial charge in [0.05, 0.1) is 0 Å². The van der Waals surface area contributed by atoms with Gasteiger partial charge < -0.3 is 14.9 Å². The Hall–Kier alpha value is -1.26. The smallest absolute Gasteiger partial charge is 0.320 e. The molecule has 1 N–H and O–H groups in total. The number of carboxylic acid groups (broad SMARTS) is 1. The third kappa shape index (κ3) is 3.61. The predicted molar refractivity (Wildman–Crippen MR) is 71.9 cm³/mol. The average molecular weight is 268 g/mol. The first-order chi connectivity index (χ1) is 9.10. The van der Waals surface area contributed by atoms with Gasteiger partial charge in [-0.15, -0.1) is 0 Å². The first-order valence-electron chi connectivity index (χ1n) is 7.35. The van der Waals surface area contributed by atoms with Gasteiger partial charge in [-0.2, -0.15) is 0 Å². The van der Waals surface area contributed by atoms with Gasteiger partial charge in [-0.1, -0.05) is 13.3 Å². The highest BCUT2D eigenvalue weighted by Gasteiger charge is 2.31. The van der Waals surface area contributed by atoms with E-state index in [0.29, 0.717) is 13.1 Å². The number of amides is 2. The average Bonchev–Trinajstić information content (AvgIpc) is 2.85. The summed E-state index contributed by atoms with van der Waals surface area (Å²) in [5.41, 5.74) is 0. The number of nitrogens with zero attached hydrogens (tertiary/aromatic N) is 2. The molecule has 0 aromatic rings. The van der Waals surface area contributed by atoms with Crippen LogP contribution < -0.4 is 0 Å². The first kappa shape index (κ1) is 14.2. The molecule has 0 aromatic carbocycles. The summed E-state index contributed by atoms with van der Waals surface area (Å²) in [6.45, 7) is 5.25. The molecular formula is C14H24N2O3. The van der Waals surface area contributed by atoms with E-state index in [0.717, 1.165) is 38.3 Å². The van der Waals surface area contributed by atoms with E-state index in [1.54, 1.807) is 0 Å². The molecule has 19 heavy (non-hydrogen) atoms. The van der Waals surface area contributed by atoms with Crippen LogP contribution in [0, 0.1) is 11.8 Å². The molecule has 2 amide bonds. The van der Waals surface area contributed by atoms with Crippen LogP contribution in [0.4, 0.5) is 4.79 Å². The van der Waals surface area contributed by atoms with Gasteiger partial charge in [-0.05, 0) is 31.1 Å². The second-order valence-electron chi connectivity index (χ2n) is 5.82. The van der Waals surface area contributed by atoms with Gasteiger partial charge in [0, 0.05) is 32.6 Å². The topological polar surface area (TPSA) is 60.9 Å². The monoisotopic (exact) mass is 268 g/mol. The van der Waals surface area contributed by atoms with Crippen molar-refractivity contribution in [2.24, 2.45) is 11.8 Å². The van der Waals surface area contributed by atoms with Gasteiger partial charge in [-0.3, -0.25) is 4.79 Å². The second kappa shape index (κ2) is 6.26. The maximum absolute atomic E-state index is 12.3. The van der Waals surface area contributed by atoms with Crippen molar-refractivity contribution in [2.75, 3.05) is 26.2 Å². The number of likely N-dealkylation sites (tertiary alicyclic amines) is 2. The van der Waals surface area contributed by atoms with Crippen LogP contribution in [-0.2, 0) is 4.79 Å². The van der Waals surface area contributed by atoms with Crippen molar-refractivity contribution < 1.29 is 14.7 Å². The minimum atomic E-state index is -0.761. The van der Waals surface area contributed by atoms with Crippen LogP contribution in [0.5, 0.6) is 0 Å². The fraction of sp³-hybridized carbons (Fsp3) is 0.857. The normalized spacial score (nSPS) is 24.8. The molecular weight excluding hydrogens is 244 g/mol. The van der Waals surface area contributed by atoms with E-state index in [4.69, 9.17) is 5.11 Å². The van der Waals surface area contributed by atoms with Crippen molar-refractivity contribution in [3.05, 3.63) is 0 Å². The van der Waals surface area contributed by atoms with Crippen molar-refractivity contribution in [1.82, 2.24) is 9.80 Å². The van der Waals surface area contributed by atoms with E-state index < -0.39 is 5.97 Å². The van der Waals surface area contributed by atoms with Crippen molar-refractivity contribution in [3.8, 4) is 0 Å². The molecule has 1 unspecified atom stereocenters. The minimum Gasteiger partial charge on any atom is -0.481 e. The van der Waals surface area contributed by atoms with Crippen LogP contribution in [0.3, 0.4) is 0 Å². The summed E-state index contributed by atoms with van der Waals surface area (Å²) in [5.74, 6) is 0.139. The number of carbonyl (C=O) groups is 2. The van der Waals surface area contributed by atoms with E-state index in [9.17, 15) is 9.59 Å². The molecule has 5 heteroatoms. The highest BCUT2D eigenvalue weighted by Crippen LogP contribution is 2.24. The summed E-state index contributed by atoms with van der Waals surface area (Å²) >= 11 is 0. The lowest BCUT2D eigenvalue weighted by atomic mass is 9.95. The molecule has 0 bridgehead atoms. The molecule has 0 radical (unpaired) electrons. The lowest BCUT2D eigenvalue weighted by molar-refractivity contribution is -0.138. The maximum atomic E-state index is 12.3. The Morgan fingerprint density at radius 3 is 2.21 bits per heavy atom. The zero-order valence-corrected chi connectivity index (χ0v) is 11.7. The van der Waals surface area contributed by atoms with E-state index in [2.05, 4.69) is 6.92 Å². The number of carboxylic acids is 1. The second-order valence-corrected chi connectivity index (χ2v) is 5.82. The summed E-state index contributed by atoms with van der Waals surface area (Å²) in [5, 5.41) is 8.79. The molecule has 0 saturated carbocycles. The number of aliphatic carboxylic acids is 1. The summed E-state index contributed by atoms with van der Waals surface area (Å²) in [7, 11) is 0. The third-order valence-electron chi connectivity index (χ3n) is 4.48. The van der Waals surface area contributed by atoms with Crippen LogP contribution >= 0.6 is 0 Å². The largest absolute Gasteiger partial charge is 0.481 e. The first-order valence-corrected chi connectivity index (χ1v) is 7.35. The molecule has 0 aliphatic carbocycles. The van der Waals surface area contributed by atoms with Crippen molar-refractivity contribution in [1.29, 1.82) is 0 Å². The Morgan fingerprint density at radius 1 is 1.05 bits per heavy atom. The number of piperidine rings is 1. The SMILES string of the molecule is CCC1CCN(C(=O)N2CCC(CC(=O)O)C2)CC1. The van der Waals surface area contributed by atoms with Crippen molar-refractivity contribution in [2.45, 2.75) is 39.0 Å². The molecule has 2 rings (SSSR count). The Kier molecular flexibility index (Phi) is 4.66. The van der Waals surface area contributed by atoms with Gasteiger partial charge in [0.1, 0.15) is 0 Å². The summed E-state index contributed by atoms with van der Waals surface area (Å²) in [6, 6.07) is 0.113. The van der Waals surface area contributed by atoms with Gasteiger partial charge in [0.15, 0.2) is 0 Å². The van der Waals surface area contributed by atoms with E-state index in [1.807, 2.05) is 9.80 Å². The molecule has 2 aliphatic heterocycles. The van der Waals surface area contributed by atoms with Crippen molar-refractivity contribution in [3.63, 3.8) is 0 Å². The van der Waals surface area contributed by atoms with Gasteiger partial charge >= 0.3 is 12.0 Å². The summed E-state index contributed by atoms with van der Waals surface area (Å²) in [4.78, 5) is 26.8. The molecule has 2 fully saturated rings. The number of urea groups is 1. The van der Waals surface area contributed by atoms with Crippen LogP contribution in [0.1, 0.15) is 39.0 Å². The molecule has 2 saturated heterocycles. The number of hydrogen-bond donors (Lipinski definition) is 1. The van der Waals surface area contributed by atoms with Crippen LogP contribution in [0.25, 0.3) is 0 Å². The lowest BCUT2D eigenvalue weighted by Crippen LogP contribution is -2.45. The zero-order chi connectivity index (χ0) is 13.8. The highest BCUT2D eigenvalue weighted by atomic mass is 16.4. The number of carbonyl (C=O) groups excluding carboxylic acids is 1. The van der Waals surface area contributed by atoms with Gasteiger partial charge in [0.25, 0.3) is 0 Å².